The van der Waals surface area contributed by atoms with Crippen molar-refractivity contribution in [2.45, 2.75) is 64.3 Å². The van der Waals surface area contributed by atoms with Gasteiger partial charge in [-0.2, -0.15) is 0 Å². The molecule has 0 unspecified atom stereocenters. The zero-order valence-corrected chi connectivity index (χ0v) is 22.3. The molecule has 0 aliphatic rings. The first-order valence-corrected chi connectivity index (χ1v) is 13.2. The summed E-state index contributed by atoms with van der Waals surface area (Å²) in [4.78, 5) is 19.7. The lowest BCUT2D eigenvalue weighted by atomic mass is 9.97. The summed E-state index contributed by atoms with van der Waals surface area (Å²) in [5.41, 5.74) is 0.0982. The lowest BCUT2D eigenvalue weighted by molar-refractivity contribution is -0.139. The number of aliphatic hydroxyl groups is 3. The fraction of sp³-hybridized carbons (Fsp3) is 0.480. The summed E-state index contributed by atoms with van der Waals surface area (Å²) in [5, 5.41) is 39.0. The van der Waals surface area contributed by atoms with E-state index < -0.39 is 51.8 Å². The minimum Gasteiger partial charge on any atom is -0.481 e. The van der Waals surface area contributed by atoms with Gasteiger partial charge in [-0.1, -0.05) is 26.0 Å². The van der Waals surface area contributed by atoms with Crippen molar-refractivity contribution in [1.82, 2.24) is 9.97 Å². The van der Waals surface area contributed by atoms with Crippen molar-refractivity contribution >= 4 is 28.0 Å². The van der Waals surface area contributed by atoms with Gasteiger partial charge in [0.15, 0.2) is 0 Å². The second-order valence-corrected chi connectivity index (χ2v) is 11.8. The first-order valence-electron chi connectivity index (χ1n) is 11.6. The highest BCUT2D eigenvalue weighted by molar-refractivity contribution is 7.92. The van der Waals surface area contributed by atoms with E-state index in [1.54, 1.807) is 0 Å². The first-order chi connectivity index (χ1) is 17.0. The Balaban J connectivity index is 2.64. The number of aliphatic hydroxyl groups excluding tert-OH is 2. The maximum atomic E-state index is 13.6. The molecule has 1 aromatic heterocycles. The molecule has 0 bridgehead atoms. The predicted molar refractivity (Wildman–Crippen MR) is 138 cm³/mol. The minimum absolute atomic E-state index is 0.151. The van der Waals surface area contributed by atoms with Gasteiger partial charge in [0, 0.05) is 24.6 Å². The lowest BCUT2D eigenvalue weighted by Crippen LogP contribution is -2.39. The topological polar surface area (TPSA) is 161 Å². The molecule has 0 aliphatic heterocycles. The van der Waals surface area contributed by atoms with Gasteiger partial charge in [0.05, 0.1) is 41.4 Å². The van der Waals surface area contributed by atoms with Crippen molar-refractivity contribution in [3.05, 3.63) is 47.4 Å². The molecule has 10 nitrogen and oxygen atoms in total. The second kappa shape index (κ2) is 12.1. The number of hydrogen-bond acceptors (Lipinski definition) is 8. The van der Waals surface area contributed by atoms with E-state index >= 15 is 0 Å². The van der Waals surface area contributed by atoms with Crippen LogP contribution in [0.3, 0.4) is 0 Å². The van der Waals surface area contributed by atoms with Gasteiger partial charge in [0.25, 0.3) is 0 Å². The molecular weight excluding hydrogens is 505 g/mol. The number of rotatable bonds is 12. The molecule has 0 saturated carbocycles. The number of nitrogens with zero attached hydrogens (tertiary/aromatic N) is 3. The van der Waals surface area contributed by atoms with Gasteiger partial charge in [-0.05, 0) is 44.0 Å². The number of benzene rings is 1. The number of aromatic nitrogens is 2. The van der Waals surface area contributed by atoms with Gasteiger partial charge in [-0.25, -0.2) is 27.1 Å². The number of anilines is 1. The monoisotopic (exact) mass is 539 g/mol. The van der Waals surface area contributed by atoms with Crippen LogP contribution in [0.2, 0.25) is 0 Å². The molecule has 1 heterocycles. The highest BCUT2D eigenvalue weighted by Gasteiger charge is 2.30. The van der Waals surface area contributed by atoms with Crippen molar-refractivity contribution in [3.63, 3.8) is 0 Å². The van der Waals surface area contributed by atoms with E-state index in [9.17, 15) is 32.9 Å². The van der Waals surface area contributed by atoms with E-state index in [1.807, 2.05) is 13.8 Å². The molecule has 0 fully saturated rings. The standard InChI is InChI=1S/C25H34FN3O7S/c1-15(2)22-20(11-10-18(30)12-19(31)13-21(32)33)23(16-6-8-17(26)9-7-16)28-24(27-22)29(5)37(35,36)14-25(3,4)34/h6-11,15,18-19,30-31,34H,12-14H2,1-5H3,(H,32,33)/t18-,19-/m1/s1. The quantitative estimate of drug-likeness (QED) is 0.318. The highest BCUT2D eigenvalue weighted by atomic mass is 32.2. The van der Waals surface area contributed by atoms with E-state index in [2.05, 4.69) is 9.97 Å². The first kappa shape index (κ1) is 30.3. The van der Waals surface area contributed by atoms with Crippen molar-refractivity contribution in [2.75, 3.05) is 17.1 Å². The van der Waals surface area contributed by atoms with Crippen molar-refractivity contribution in [1.29, 1.82) is 0 Å². The van der Waals surface area contributed by atoms with Crippen molar-refractivity contribution < 1.29 is 38.0 Å². The van der Waals surface area contributed by atoms with Crippen LogP contribution < -0.4 is 4.31 Å². The molecule has 204 valence electrons. The van der Waals surface area contributed by atoms with Crippen LogP contribution in [-0.4, -0.2) is 75.4 Å². The molecule has 2 rings (SSSR count). The van der Waals surface area contributed by atoms with Gasteiger partial charge in [-0.3, -0.25) is 4.79 Å². The highest BCUT2D eigenvalue weighted by Crippen LogP contribution is 2.32. The SMILES string of the molecule is CC(C)c1nc(N(C)S(=O)(=O)CC(C)(C)O)nc(-c2ccc(F)cc2)c1C=C[C@@H](O)C[C@@H](O)CC(=O)O. The van der Waals surface area contributed by atoms with Crippen molar-refractivity contribution in [2.24, 2.45) is 0 Å². The molecule has 37 heavy (non-hydrogen) atoms. The molecule has 0 aliphatic carbocycles. The fourth-order valence-electron chi connectivity index (χ4n) is 3.56. The van der Waals surface area contributed by atoms with E-state index in [0.717, 1.165) is 4.31 Å². The molecule has 2 atom stereocenters. The molecule has 2 aromatic rings. The Morgan fingerprint density at radius 2 is 1.76 bits per heavy atom. The van der Waals surface area contributed by atoms with Crippen LogP contribution >= 0.6 is 0 Å². The number of halogens is 1. The average Bonchev–Trinajstić information content (AvgIpc) is 2.74. The second-order valence-electron chi connectivity index (χ2n) is 9.78. The van der Waals surface area contributed by atoms with E-state index in [0.29, 0.717) is 16.8 Å². The van der Waals surface area contributed by atoms with Gasteiger partial charge < -0.3 is 20.4 Å². The van der Waals surface area contributed by atoms with Crippen LogP contribution in [0.15, 0.2) is 30.3 Å². The largest absolute Gasteiger partial charge is 0.481 e. The Kier molecular flexibility index (Phi) is 9.89. The number of carbonyl (C=O) groups is 1. The van der Waals surface area contributed by atoms with Gasteiger partial charge in [-0.15, -0.1) is 0 Å². The third-order valence-corrected chi connectivity index (χ3v) is 7.34. The number of carboxylic acids is 1. The van der Waals surface area contributed by atoms with Crippen molar-refractivity contribution in [3.8, 4) is 11.3 Å². The number of sulfonamides is 1. The third kappa shape index (κ3) is 8.85. The average molecular weight is 540 g/mol. The Bertz CT molecular complexity index is 1230. The number of carboxylic acid groups (broad SMARTS) is 1. The zero-order chi connectivity index (χ0) is 28.1. The summed E-state index contributed by atoms with van der Waals surface area (Å²) in [6, 6.07) is 5.40. The summed E-state index contributed by atoms with van der Waals surface area (Å²) in [7, 11) is -2.74. The van der Waals surface area contributed by atoms with Crippen LogP contribution in [0.4, 0.5) is 10.3 Å². The molecule has 4 N–H and O–H groups in total. The van der Waals surface area contributed by atoms with E-state index in [1.165, 1.54) is 57.3 Å². The summed E-state index contributed by atoms with van der Waals surface area (Å²) in [5.74, 6) is -2.64. The Morgan fingerprint density at radius 1 is 1.16 bits per heavy atom. The minimum atomic E-state index is -4.02. The molecule has 0 radical (unpaired) electrons. The zero-order valence-electron chi connectivity index (χ0n) is 21.5. The van der Waals surface area contributed by atoms with E-state index in [4.69, 9.17) is 5.11 Å². The molecule has 0 saturated heterocycles. The smallest absolute Gasteiger partial charge is 0.305 e. The normalized spacial score (nSPS) is 14.2. The van der Waals surface area contributed by atoms with Crippen LogP contribution in [0.1, 0.15) is 57.7 Å². The molecule has 12 heteroatoms. The van der Waals surface area contributed by atoms with Crippen LogP contribution in [-0.2, 0) is 14.8 Å². The number of hydrogen-bond donors (Lipinski definition) is 4. The molecular formula is C25H34FN3O7S. The lowest BCUT2D eigenvalue weighted by Gasteiger charge is -2.25. The summed E-state index contributed by atoms with van der Waals surface area (Å²) in [6.07, 6.45) is -0.316. The molecule has 0 spiro atoms. The molecule has 1 aromatic carbocycles. The summed E-state index contributed by atoms with van der Waals surface area (Å²) < 4.78 is 40.4. The van der Waals surface area contributed by atoms with E-state index in [-0.39, 0.29) is 24.0 Å². The summed E-state index contributed by atoms with van der Waals surface area (Å²) in [6.45, 7) is 6.40. The maximum Gasteiger partial charge on any atom is 0.305 e. The summed E-state index contributed by atoms with van der Waals surface area (Å²) >= 11 is 0. The van der Waals surface area contributed by atoms with Crippen LogP contribution in [0.25, 0.3) is 17.3 Å². The van der Waals surface area contributed by atoms with Gasteiger partial charge in [0.1, 0.15) is 5.82 Å². The Morgan fingerprint density at radius 3 is 2.27 bits per heavy atom. The predicted octanol–water partition coefficient (Wildman–Crippen LogP) is 2.54. The van der Waals surface area contributed by atoms with Crippen LogP contribution in [0.5, 0.6) is 0 Å². The van der Waals surface area contributed by atoms with Crippen LogP contribution in [0, 0.1) is 5.82 Å². The fourth-order valence-corrected chi connectivity index (χ4v) is 4.98. The Hall–Kier alpha value is -2.93. The Labute approximate surface area is 216 Å². The molecule has 0 amide bonds. The van der Waals surface area contributed by atoms with Gasteiger partial charge in [0.2, 0.25) is 16.0 Å². The van der Waals surface area contributed by atoms with Gasteiger partial charge >= 0.3 is 5.97 Å². The maximum absolute atomic E-state index is 13.6. The number of aliphatic carboxylic acids is 1. The third-order valence-electron chi connectivity index (χ3n) is 5.27.